The van der Waals surface area contributed by atoms with Crippen LogP contribution in [0.3, 0.4) is 0 Å². The third-order valence-electron chi connectivity index (χ3n) is 2.13. The molecule has 3 heteroatoms. The Morgan fingerprint density at radius 3 is 1.94 bits per heavy atom. The van der Waals surface area contributed by atoms with E-state index in [1.54, 1.807) is 11.8 Å². The van der Waals surface area contributed by atoms with Crippen molar-refractivity contribution in [3.8, 4) is 0 Å². The maximum atomic E-state index is 11.3. The van der Waals surface area contributed by atoms with Gasteiger partial charge in [-0.15, -0.1) is 0 Å². The molecule has 0 saturated heterocycles. The molecule has 0 aromatic carbocycles. The highest BCUT2D eigenvalue weighted by atomic mass is 16.2. The van der Waals surface area contributed by atoms with Crippen LogP contribution in [-0.2, 0) is 4.79 Å². The van der Waals surface area contributed by atoms with Gasteiger partial charge in [-0.25, -0.2) is 0 Å². The Bertz CT molecular complexity index is 210. The first-order valence-electron chi connectivity index (χ1n) is 6.06. The predicted octanol–water partition coefficient (Wildman–Crippen LogP) is 2.74. The average molecular weight is 228 g/mol. The summed E-state index contributed by atoms with van der Waals surface area (Å²) in [4.78, 5) is 15.1. The lowest BCUT2D eigenvalue weighted by atomic mass is 10.2. The van der Waals surface area contributed by atoms with E-state index in [2.05, 4.69) is 11.8 Å². The van der Waals surface area contributed by atoms with E-state index < -0.39 is 0 Å². The molecule has 0 aromatic heterocycles. The molecule has 0 saturated carbocycles. The number of likely N-dealkylation sites (N-methyl/N-ethyl adjacent to an activating group) is 1. The predicted molar refractivity (Wildman–Crippen MR) is 71.3 cm³/mol. The lowest BCUT2D eigenvalue weighted by Crippen LogP contribution is -2.31. The van der Waals surface area contributed by atoms with Gasteiger partial charge in [-0.05, 0) is 27.4 Å². The van der Waals surface area contributed by atoms with Gasteiger partial charge in [0.25, 0.3) is 0 Å². The Morgan fingerprint density at radius 1 is 1.12 bits per heavy atom. The molecule has 0 radical (unpaired) electrons. The van der Waals surface area contributed by atoms with E-state index in [9.17, 15) is 4.79 Å². The Labute approximate surface area is 101 Å². The number of rotatable bonds is 5. The number of carbonyl (C=O) groups is 1. The summed E-state index contributed by atoms with van der Waals surface area (Å²) in [6, 6.07) is 0. The minimum Gasteiger partial charge on any atom is -0.318 e. The van der Waals surface area contributed by atoms with Crippen LogP contribution < -0.4 is 0 Å². The summed E-state index contributed by atoms with van der Waals surface area (Å²) in [5.74, 6) is 0.111. The molecule has 16 heavy (non-hydrogen) atoms. The van der Waals surface area contributed by atoms with E-state index in [1.807, 2.05) is 41.1 Å². The minimum absolute atomic E-state index is 0.111. The van der Waals surface area contributed by atoms with E-state index in [-0.39, 0.29) is 5.91 Å². The summed E-state index contributed by atoms with van der Waals surface area (Å²) in [6.07, 6.45) is 2.94. The van der Waals surface area contributed by atoms with Crippen LogP contribution in [0.15, 0.2) is 11.8 Å². The van der Waals surface area contributed by atoms with E-state index in [4.69, 9.17) is 0 Å². The van der Waals surface area contributed by atoms with Gasteiger partial charge in [0, 0.05) is 26.2 Å². The number of hydrogen-bond donors (Lipinski definition) is 0. The number of nitrogens with zero attached hydrogens (tertiary/aromatic N) is 2. The minimum atomic E-state index is 0.111. The monoisotopic (exact) mass is 228 g/mol. The molecule has 0 aromatic rings. The Morgan fingerprint density at radius 2 is 1.62 bits per heavy atom. The number of carbonyl (C=O) groups excluding carboxylic acids is 1. The van der Waals surface area contributed by atoms with Crippen LogP contribution in [0.1, 0.15) is 41.0 Å². The maximum Gasteiger partial charge on any atom is 0.223 e. The van der Waals surface area contributed by atoms with Gasteiger partial charge in [-0.3, -0.25) is 4.79 Å². The molecule has 0 heterocycles. The van der Waals surface area contributed by atoms with Gasteiger partial charge in [-0.2, -0.15) is 0 Å². The van der Waals surface area contributed by atoms with Gasteiger partial charge in [-0.1, -0.05) is 26.3 Å². The molecule has 0 aliphatic carbocycles. The normalized spacial score (nSPS) is 10.9. The van der Waals surface area contributed by atoms with Gasteiger partial charge in [0.15, 0.2) is 0 Å². The summed E-state index contributed by atoms with van der Waals surface area (Å²) in [5.41, 5.74) is 1.24. The number of hydrogen-bond acceptors (Lipinski definition) is 2. The van der Waals surface area contributed by atoms with Crippen molar-refractivity contribution in [2.24, 2.45) is 0 Å². The van der Waals surface area contributed by atoms with Crippen molar-refractivity contribution < 1.29 is 4.79 Å². The van der Waals surface area contributed by atoms with Crippen molar-refractivity contribution >= 4 is 5.91 Å². The molecule has 0 aliphatic heterocycles. The Balaban J connectivity index is 0. The molecule has 0 N–H and O–H groups in total. The molecule has 0 rings (SSSR count). The highest BCUT2D eigenvalue weighted by Gasteiger charge is 2.05. The molecule has 0 fully saturated rings. The van der Waals surface area contributed by atoms with Crippen molar-refractivity contribution in [1.82, 2.24) is 9.80 Å². The number of allylic oxidation sites excluding steroid dienone is 1. The fourth-order valence-electron chi connectivity index (χ4n) is 0.978. The summed E-state index contributed by atoms with van der Waals surface area (Å²) in [5, 5.41) is 0. The topological polar surface area (TPSA) is 23.6 Å². The second-order valence-electron chi connectivity index (χ2n) is 3.84. The second-order valence-corrected chi connectivity index (χ2v) is 3.84. The first kappa shape index (κ1) is 17.6. The van der Waals surface area contributed by atoms with Crippen molar-refractivity contribution in [3.63, 3.8) is 0 Å². The van der Waals surface area contributed by atoms with E-state index in [0.29, 0.717) is 0 Å². The highest BCUT2D eigenvalue weighted by Crippen LogP contribution is 2.02. The van der Waals surface area contributed by atoms with Crippen LogP contribution in [-0.4, -0.2) is 42.9 Å². The Kier molecular flexibility index (Phi) is 11.7. The average Bonchev–Trinajstić information content (AvgIpc) is 2.25. The van der Waals surface area contributed by atoms with Gasteiger partial charge in [0.1, 0.15) is 0 Å². The van der Waals surface area contributed by atoms with Crippen LogP contribution in [0.5, 0.6) is 0 Å². The molecule has 1 amide bonds. The SMILES string of the molecule is CC.CC/C(C)=C\N(CCN(C)C)C(C)=O. The van der Waals surface area contributed by atoms with Crippen LogP contribution >= 0.6 is 0 Å². The third-order valence-corrected chi connectivity index (χ3v) is 2.13. The van der Waals surface area contributed by atoms with E-state index >= 15 is 0 Å². The standard InChI is InChI=1S/C11H22N2O.C2H6/c1-6-10(2)9-13(11(3)14)8-7-12(4)5;1-2/h9H,6-8H2,1-5H3;1-2H3/b10-9-;. The summed E-state index contributed by atoms with van der Waals surface area (Å²) in [7, 11) is 4.02. The van der Waals surface area contributed by atoms with Crippen LogP contribution in [0.2, 0.25) is 0 Å². The zero-order valence-electron chi connectivity index (χ0n) is 12.0. The smallest absolute Gasteiger partial charge is 0.223 e. The summed E-state index contributed by atoms with van der Waals surface area (Å²) >= 11 is 0. The molecular formula is C13H28N2O. The van der Waals surface area contributed by atoms with Gasteiger partial charge in [0.05, 0.1) is 0 Å². The summed E-state index contributed by atoms with van der Waals surface area (Å²) in [6.45, 7) is 11.4. The van der Waals surface area contributed by atoms with Gasteiger partial charge >= 0.3 is 0 Å². The molecule has 96 valence electrons. The fraction of sp³-hybridized carbons (Fsp3) is 0.769. The first-order valence-corrected chi connectivity index (χ1v) is 6.06. The zero-order valence-corrected chi connectivity index (χ0v) is 12.0. The van der Waals surface area contributed by atoms with Crippen LogP contribution in [0, 0.1) is 0 Å². The molecule has 0 spiro atoms. The number of amides is 1. The zero-order chi connectivity index (χ0) is 13.1. The van der Waals surface area contributed by atoms with Crippen molar-refractivity contribution in [1.29, 1.82) is 0 Å². The molecule has 0 atom stereocenters. The lowest BCUT2D eigenvalue weighted by Gasteiger charge is -2.20. The molecular weight excluding hydrogens is 200 g/mol. The summed E-state index contributed by atoms with van der Waals surface area (Å²) < 4.78 is 0. The second kappa shape index (κ2) is 10.7. The first-order chi connectivity index (χ1) is 7.47. The van der Waals surface area contributed by atoms with Gasteiger partial charge < -0.3 is 9.80 Å². The fourth-order valence-corrected chi connectivity index (χ4v) is 0.978. The third kappa shape index (κ3) is 9.71. The largest absolute Gasteiger partial charge is 0.318 e. The van der Waals surface area contributed by atoms with E-state index in [1.165, 1.54) is 5.57 Å². The molecule has 0 aliphatic rings. The lowest BCUT2D eigenvalue weighted by molar-refractivity contribution is -0.126. The molecule has 0 bridgehead atoms. The highest BCUT2D eigenvalue weighted by molar-refractivity contribution is 5.74. The Hall–Kier alpha value is -0.830. The van der Waals surface area contributed by atoms with Gasteiger partial charge in [0.2, 0.25) is 5.91 Å². The van der Waals surface area contributed by atoms with Crippen LogP contribution in [0.4, 0.5) is 0 Å². The molecule has 3 nitrogen and oxygen atoms in total. The van der Waals surface area contributed by atoms with Crippen molar-refractivity contribution in [3.05, 3.63) is 11.8 Å². The van der Waals surface area contributed by atoms with E-state index in [0.717, 1.165) is 19.5 Å². The van der Waals surface area contributed by atoms with Crippen molar-refractivity contribution in [2.45, 2.75) is 41.0 Å². The molecule has 0 unspecified atom stereocenters. The quantitative estimate of drug-likeness (QED) is 0.722. The van der Waals surface area contributed by atoms with Crippen LogP contribution in [0.25, 0.3) is 0 Å². The maximum absolute atomic E-state index is 11.3. The van der Waals surface area contributed by atoms with Crippen molar-refractivity contribution in [2.75, 3.05) is 27.2 Å².